The maximum absolute atomic E-state index is 12.1. The molecule has 2 rings (SSSR count). The molecular weight excluding hydrogens is 236 g/mol. The number of hydrogen-bond acceptors (Lipinski definition) is 2. The van der Waals surface area contributed by atoms with Gasteiger partial charge in [-0.1, -0.05) is 31.4 Å². The molecule has 2 aliphatic carbocycles. The molecule has 0 heterocycles. The van der Waals surface area contributed by atoms with E-state index in [0.29, 0.717) is 18.3 Å². The smallest absolute Gasteiger partial charge is 0.221 e. The highest BCUT2D eigenvalue weighted by Gasteiger charge is 2.36. The summed E-state index contributed by atoms with van der Waals surface area (Å²) in [5.74, 6) is 0.717. The topological polar surface area (TPSA) is 52.9 Å². The third-order valence-electron chi connectivity index (χ3n) is 4.61. The third-order valence-corrected chi connectivity index (χ3v) is 4.61. The van der Waals surface area contributed by atoms with Crippen LogP contribution >= 0.6 is 0 Å². The second-order valence-electron chi connectivity index (χ2n) is 6.17. The zero-order chi connectivity index (χ0) is 13.7. The Hall–Kier alpha value is -1.30. The van der Waals surface area contributed by atoms with Crippen LogP contribution in [0.1, 0.15) is 58.3 Å². The molecule has 1 N–H and O–H groups in total. The molecule has 1 fully saturated rings. The summed E-state index contributed by atoms with van der Waals surface area (Å²) >= 11 is 0. The lowest BCUT2D eigenvalue weighted by Gasteiger charge is -2.35. The average Bonchev–Trinajstić information content (AvgIpc) is 2.92. The van der Waals surface area contributed by atoms with Gasteiger partial charge in [-0.3, -0.25) is 4.79 Å². The molecule has 3 heteroatoms. The second kappa shape index (κ2) is 6.23. The summed E-state index contributed by atoms with van der Waals surface area (Å²) in [6.45, 7) is 1.89. The molecule has 0 spiro atoms. The van der Waals surface area contributed by atoms with E-state index in [1.807, 2.05) is 6.92 Å². The monoisotopic (exact) mass is 260 g/mol. The molecule has 0 radical (unpaired) electrons. The fourth-order valence-electron chi connectivity index (χ4n) is 3.35. The first kappa shape index (κ1) is 14.1. The Labute approximate surface area is 116 Å². The molecule has 1 saturated carbocycles. The molecule has 19 heavy (non-hydrogen) atoms. The summed E-state index contributed by atoms with van der Waals surface area (Å²) in [6, 6.07) is 2.35. The highest BCUT2D eigenvalue weighted by Crippen LogP contribution is 2.32. The molecule has 1 amide bonds. The Bertz CT molecular complexity index is 390. The quantitative estimate of drug-likeness (QED) is 0.788. The zero-order valence-corrected chi connectivity index (χ0v) is 11.8. The summed E-state index contributed by atoms with van der Waals surface area (Å²) in [7, 11) is 0. The van der Waals surface area contributed by atoms with Crippen LogP contribution in [0.5, 0.6) is 0 Å². The van der Waals surface area contributed by atoms with Gasteiger partial charge < -0.3 is 5.32 Å². The third kappa shape index (κ3) is 3.59. The number of rotatable bonds is 4. The molecule has 0 aliphatic heterocycles. The molecule has 0 aromatic rings. The SMILES string of the molecule is C[C@](C#N)(NC(=O)C[C@@H]1C=CCC1)C1CCCCC1. The molecular formula is C16H24N2O. The molecule has 0 saturated heterocycles. The van der Waals surface area contributed by atoms with Crippen LogP contribution in [0.25, 0.3) is 0 Å². The number of allylic oxidation sites excluding steroid dienone is 2. The van der Waals surface area contributed by atoms with Crippen LogP contribution in [0.15, 0.2) is 12.2 Å². The minimum atomic E-state index is -0.681. The molecule has 3 nitrogen and oxygen atoms in total. The highest BCUT2D eigenvalue weighted by molar-refractivity contribution is 5.77. The van der Waals surface area contributed by atoms with Crippen LogP contribution in [-0.2, 0) is 4.79 Å². The van der Waals surface area contributed by atoms with Crippen LogP contribution in [0.3, 0.4) is 0 Å². The van der Waals surface area contributed by atoms with Gasteiger partial charge in [0.25, 0.3) is 0 Å². The van der Waals surface area contributed by atoms with E-state index in [4.69, 9.17) is 0 Å². The molecule has 0 aromatic heterocycles. The van der Waals surface area contributed by atoms with Crippen molar-refractivity contribution in [1.82, 2.24) is 5.32 Å². The van der Waals surface area contributed by atoms with E-state index in [0.717, 1.165) is 25.7 Å². The Morgan fingerprint density at radius 2 is 2.11 bits per heavy atom. The molecule has 104 valence electrons. The first-order valence-electron chi connectivity index (χ1n) is 7.53. The van der Waals surface area contributed by atoms with Gasteiger partial charge >= 0.3 is 0 Å². The maximum Gasteiger partial charge on any atom is 0.221 e. The van der Waals surface area contributed by atoms with E-state index in [2.05, 4.69) is 23.5 Å². The first-order chi connectivity index (χ1) is 9.14. The normalized spacial score (nSPS) is 26.6. The van der Waals surface area contributed by atoms with Gasteiger partial charge in [-0.05, 0) is 44.4 Å². The number of nitrogens with zero attached hydrogens (tertiary/aromatic N) is 1. The van der Waals surface area contributed by atoms with Crippen molar-refractivity contribution in [1.29, 1.82) is 5.26 Å². The van der Waals surface area contributed by atoms with Gasteiger partial charge in [0.15, 0.2) is 0 Å². The predicted molar refractivity (Wildman–Crippen MR) is 75.2 cm³/mol. The van der Waals surface area contributed by atoms with E-state index in [9.17, 15) is 10.1 Å². The van der Waals surface area contributed by atoms with Gasteiger partial charge in [-0.25, -0.2) is 0 Å². The Balaban J connectivity index is 1.91. The van der Waals surface area contributed by atoms with Crippen molar-refractivity contribution < 1.29 is 4.79 Å². The van der Waals surface area contributed by atoms with Crippen LogP contribution in [0.4, 0.5) is 0 Å². The van der Waals surface area contributed by atoms with Crippen molar-refractivity contribution in [3.63, 3.8) is 0 Å². The Morgan fingerprint density at radius 1 is 1.37 bits per heavy atom. The summed E-state index contributed by atoms with van der Waals surface area (Å²) in [4.78, 5) is 12.1. The minimum absolute atomic E-state index is 0.0335. The first-order valence-corrected chi connectivity index (χ1v) is 7.53. The van der Waals surface area contributed by atoms with Crippen molar-refractivity contribution in [2.24, 2.45) is 11.8 Å². The van der Waals surface area contributed by atoms with Gasteiger partial charge in [0, 0.05) is 6.42 Å². The number of nitriles is 1. The lowest BCUT2D eigenvalue weighted by molar-refractivity contribution is -0.123. The van der Waals surface area contributed by atoms with E-state index >= 15 is 0 Å². The second-order valence-corrected chi connectivity index (χ2v) is 6.17. The number of hydrogen-bond donors (Lipinski definition) is 1. The maximum atomic E-state index is 12.1. The predicted octanol–water partition coefficient (Wildman–Crippen LogP) is 3.32. The molecule has 2 aliphatic rings. The van der Waals surface area contributed by atoms with Gasteiger partial charge in [-0.15, -0.1) is 0 Å². The zero-order valence-electron chi connectivity index (χ0n) is 11.8. The number of carbonyl (C=O) groups is 1. The molecule has 0 unspecified atom stereocenters. The molecule has 0 bridgehead atoms. The lowest BCUT2D eigenvalue weighted by atomic mass is 9.76. The van der Waals surface area contributed by atoms with E-state index in [1.54, 1.807) is 0 Å². The van der Waals surface area contributed by atoms with Crippen LogP contribution in [-0.4, -0.2) is 11.4 Å². The largest absolute Gasteiger partial charge is 0.338 e. The van der Waals surface area contributed by atoms with Crippen molar-refractivity contribution in [2.45, 2.75) is 63.8 Å². The van der Waals surface area contributed by atoms with E-state index in [1.165, 1.54) is 19.3 Å². The summed E-state index contributed by atoms with van der Waals surface area (Å²) < 4.78 is 0. The molecule has 0 aromatic carbocycles. The van der Waals surface area contributed by atoms with Gasteiger partial charge in [0.05, 0.1) is 6.07 Å². The van der Waals surface area contributed by atoms with Crippen LogP contribution in [0.2, 0.25) is 0 Å². The number of nitrogens with one attached hydrogen (secondary N) is 1. The van der Waals surface area contributed by atoms with Crippen LogP contribution < -0.4 is 5.32 Å². The summed E-state index contributed by atoms with van der Waals surface area (Å²) in [5.41, 5.74) is -0.681. The Morgan fingerprint density at radius 3 is 2.68 bits per heavy atom. The standard InChI is InChI=1S/C16H24N2O/c1-16(12-17,14-9-3-2-4-10-14)18-15(19)11-13-7-5-6-8-13/h5,7,13-14H,2-4,6,8-11H2,1H3,(H,18,19)/t13-,16-/m1/s1. The van der Waals surface area contributed by atoms with Gasteiger partial charge in [0.2, 0.25) is 5.91 Å². The fraction of sp³-hybridized carbons (Fsp3) is 0.750. The number of carbonyl (C=O) groups excluding carboxylic acids is 1. The van der Waals surface area contributed by atoms with E-state index < -0.39 is 5.54 Å². The highest BCUT2D eigenvalue weighted by atomic mass is 16.1. The van der Waals surface area contributed by atoms with Crippen molar-refractivity contribution in [3.8, 4) is 6.07 Å². The van der Waals surface area contributed by atoms with Gasteiger partial charge in [0.1, 0.15) is 5.54 Å². The van der Waals surface area contributed by atoms with Crippen LogP contribution in [0, 0.1) is 23.2 Å². The lowest BCUT2D eigenvalue weighted by Crippen LogP contribution is -2.51. The summed E-state index contributed by atoms with van der Waals surface area (Å²) in [6.07, 6.45) is 12.7. The average molecular weight is 260 g/mol. The van der Waals surface area contributed by atoms with E-state index in [-0.39, 0.29) is 5.91 Å². The fourth-order valence-corrected chi connectivity index (χ4v) is 3.35. The van der Waals surface area contributed by atoms with Gasteiger partial charge in [-0.2, -0.15) is 5.26 Å². The summed E-state index contributed by atoms with van der Waals surface area (Å²) in [5, 5.41) is 12.5. The molecule has 2 atom stereocenters. The van der Waals surface area contributed by atoms with Crippen molar-refractivity contribution in [2.75, 3.05) is 0 Å². The van der Waals surface area contributed by atoms with Crippen molar-refractivity contribution >= 4 is 5.91 Å². The Kier molecular flexibility index (Phi) is 4.63. The van der Waals surface area contributed by atoms with Crippen molar-refractivity contribution in [3.05, 3.63) is 12.2 Å². The number of amides is 1. The minimum Gasteiger partial charge on any atom is -0.338 e.